The Morgan fingerprint density at radius 1 is 1.32 bits per heavy atom. The van der Waals surface area contributed by atoms with Crippen molar-refractivity contribution in [3.05, 3.63) is 35.9 Å². The lowest BCUT2D eigenvalue weighted by molar-refractivity contribution is -0.158. The lowest BCUT2D eigenvalue weighted by Crippen LogP contribution is -2.55. The Kier molecular flexibility index (Phi) is 4.80. The molecule has 6 heteroatoms. The zero-order valence-electron chi connectivity index (χ0n) is 12.4. The maximum atomic E-state index is 12.1. The Labute approximate surface area is 128 Å². The van der Waals surface area contributed by atoms with E-state index < -0.39 is 17.5 Å². The molecule has 1 aromatic carbocycles. The molecule has 0 aromatic heterocycles. The molecule has 1 aliphatic heterocycles. The van der Waals surface area contributed by atoms with Crippen molar-refractivity contribution >= 4 is 17.8 Å². The third-order valence-electron chi connectivity index (χ3n) is 4.08. The van der Waals surface area contributed by atoms with Crippen LogP contribution in [0, 0.1) is 5.41 Å². The van der Waals surface area contributed by atoms with E-state index in [0.29, 0.717) is 0 Å². The number of ether oxygens (including phenoxy) is 1. The minimum Gasteiger partial charge on any atom is -0.480 e. The molecular weight excluding hydrogens is 286 g/mol. The van der Waals surface area contributed by atoms with Crippen molar-refractivity contribution in [3.8, 4) is 0 Å². The van der Waals surface area contributed by atoms with E-state index in [4.69, 9.17) is 4.74 Å². The molecule has 0 unspecified atom stereocenters. The Morgan fingerprint density at radius 3 is 2.59 bits per heavy atom. The van der Waals surface area contributed by atoms with Gasteiger partial charge in [-0.2, -0.15) is 0 Å². The van der Waals surface area contributed by atoms with Crippen LogP contribution < -0.4 is 0 Å². The molecule has 0 saturated carbocycles. The summed E-state index contributed by atoms with van der Waals surface area (Å²) < 4.78 is 5.20. The summed E-state index contributed by atoms with van der Waals surface area (Å²) in [5.74, 6) is -1.50. The van der Waals surface area contributed by atoms with E-state index in [-0.39, 0.29) is 38.3 Å². The molecule has 1 saturated heterocycles. The molecule has 1 amide bonds. The van der Waals surface area contributed by atoms with Gasteiger partial charge in [0.2, 0.25) is 0 Å². The van der Waals surface area contributed by atoms with E-state index in [9.17, 15) is 19.5 Å². The molecule has 1 N–H and O–H groups in total. The number of aliphatic carboxylic acids is 1. The number of likely N-dealkylation sites (tertiary alicyclic amines) is 1. The quantitative estimate of drug-likeness (QED) is 0.861. The fourth-order valence-electron chi connectivity index (χ4n) is 2.58. The Hall–Kier alpha value is -2.37. The summed E-state index contributed by atoms with van der Waals surface area (Å²) in [4.78, 5) is 36.9. The third kappa shape index (κ3) is 3.10. The average Bonchev–Trinajstić information content (AvgIpc) is 2.54. The molecule has 0 bridgehead atoms. The van der Waals surface area contributed by atoms with Gasteiger partial charge in [0, 0.05) is 19.5 Å². The van der Waals surface area contributed by atoms with Crippen LogP contribution in [0.3, 0.4) is 0 Å². The Bertz CT molecular complexity index is 571. The molecule has 0 aliphatic carbocycles. The summed E-state index contributed by atoms with van der Waals surface area (Å²) in [6, 6.07) is 9.22. The van der Waals surface area contributed by atoms with Crippen molar-refractivity contribution in [1.29, 1.82) is 0 Å². The number of amides is 1. The Balaban J connectivity index is 2.01. The number of hydrogen-bond donors (Lipinski definition) is 1. The first kappa shape index (κ1) is 16.0. The molecule has 0 spiro atoms. The normalized spacial score (nSPS) is 21.5. The fourth-order valence-corrected chi connectivity index (χ4v) is 2.58. The molecule has 0 radical (unpaired) electrons. The molecule has 1 aromatic rings. The number of ketones is 1. The van der Waals surface area contributed by atoms with Gasteiger partial charge in [0.05, 0.1) is 0 Å². The summed E-state index contributed by atoms with van der Waals surface area (Å²) >= 11 is 0. The summed E-state index contributed by atoms with van der Waals surface area (Å²) in [7, 11) is 0. The van der Waals surface area contributed by atoms with Crippen LogP contribution in [0.15, 0.2) is 30.3 Å². The monoisotopic (exact) mass is 305 g/mol. The topological polar surface area (TPSA) is 83.9 Å². The first-order valence-electron chi connectivity index (χ1n) is 7.22. The SMILES string of the molecule is CC[C@@]1(C(=O)O)CN(C(=O)OCc2ccccc2)CCC1=O. The first-order chi connectivity index (χ1) is 10.5. The molecule has 22 heavy (non-hydrogen) atoms. The molecule has 6 nitrogen and oxygen atoms in total. The predicted octanol–water partition coefficient (Wildman–Crippen LogP) is 2.08. The fraction of sp³-hybridized carbons (Fsp3) is 0.438. The van der Waals surface area contributed by atoms with E-state index >= 15 is 0 Å². The highest BCUT2D eigenvalue weighted by molar-refractivity contribution is 6.04. The number of Topliss-reactive ketones (excluding diaryl/α,β-unsaturated/α-hetero) is 1. The Morgan fingerprint density at radius 2 is 2.00 bits per heavy atom. The molecule has 2 rings (SSSR count). The summed E-state index contributed by atoms with van der Waals surface area (Å²) in [6.45, 7) is 1.83. The van der Waals surface area contributed by atoms with Crippen LogP contribution in [0.5, 0.6) is 0 Å². The van der Waals surface area contributed by atoms with Crippen LogP contribution in [0.4, 0.5) is 4.79 Å². The second kappa shape index (κ2) is 6.60. The number of piperidine rings is 1. The van der Waals surface area contributed by atoms with Crippen LogP contribution in [0.1, 0.15) is 25.3 Å². The average molecular weight is 305 g/mol. The van der Waals surface area contributed by atoms with Gasteiger partial charge in [0.15, 0.2) is 5.78 Å². The van der Waals surface area contributed by atoms with Crippen LogP contribution in [0.2, 0.25) is 0 Å². The van der Waals surface area contributed by atoms with Crippen LogP contribution in [-0.2, 0) is 20.9 Å². The lowest BCUT2D eigenvalue weighted by atomic mass is 9.76. The molecule has 1 heterocycles. The van der Waals surface area contributed by atoms with Gasteiger partial charge in [-0.3, -0.25) is 9.59 Å². The maximum absolute atomic E-state index is 12.1. The minimum atomic E-state index is -1.51. The lowest BCUT2D eigenvalue weighted by Gasteiger charge is -2.37. The molecular formula is C16H19NO5. The van der Waals surface area contributed by atoms with E-state index in [0.717, 1.165) is 5.56 Å². The first-order valence-corrected chi connectivity index (χ1v) is 7.22. The highest BCUT2D eigenvalue weighted by atomic mass is 16.6. The highest BCUT2D eigenvalue weighted by Gasteiger charge is 2.49. The van der Waals surface area contributed by atoms with Gasteiger partial charge >= 0.3 is 12.1 Å². The van der Waals surface area contributed by atoms with Gasteiger partial charge in [-0.1, -0.05) is 37.3 Å². The molecule has 1 fully saturated rings. The summed E-state index contributed by atoms with van der Waals surface area (Å²) in [5, 5.41) is 9.37. The van der Waals surface area contributed by atoms with Crippen molar-refractivity contribution in [2.45, 2.75) is 26.4 Å². The number of nitrogens with zero attached hydrogens (tertiary/aromatic N) is 1. The molecule has 118 valence electrons. The smallest absolute Gasteiger partial charge is 0.410 e. The highest BCUT2D eigenvalue weighted by Crippen LogP contribution is 2.31. The number of benzene rings is 1. The van der Waals surface area contributed by atoms with Crippen LogP contribution in [0.25, 0.3) is 0 Å². The van der Waals surface area contributed by atoms with Crippen molar-refractivity contribution in [2.24, 2.45) is 5.41 Å². The molecule has 1 aliphatic rings. The van der Waals surface area contributed by atoms with Gasteiger partial charge in [0.25, 0.3) is 0 Å². The minimum absolute atomic E-state index is 0.0422. The van der Waals surface area contributed by atoms with Crippen molar-refractivity contribution < 1.29 is 24.2 Å². The summed E-state index contributed by atoms with van der Waals surface area (Å²) in [6.07, 6.45) is -0.389. The zero-order valence-corrected chi connectivity index (χ0v) is 12.4. The number of carbonyl (C=O) groups is 3. The number of rotatable bonds is 4. The number of carboxylic acids is 1. The predicted molar refractivity (Wildman–Crippen MR) is 78.2 cm³/mol. The second-order valence-electron chi connectivity index (χ2n) is 5.38. The van der Waals surface area contributed by atoms with E-state index in [1.807, 2.05) is 30.3 Å². The molecule has 1 atom stereocenters. The van der Waals surface area contributed by atoms with Crippen molar-refractivity contribution in [1.82, 2.24) is 4.90 Å². The maximum Gasteiger partial charge on any atom is 0.410 e. The van der Waals surface area contributed by atoms with Crippen molar-refractivity contribution in [2.75, 3.05) is 13.1 Å². The van der Waals surface area contributed by atoms with Crippen molar-refractivity contribution in [3.63, 3.8) is 0 Å². The van der Waals surface area contributed by atoms with E-state index in [2.05, 4.69) is 0 Å². The van der Waals surface area contributed by atoms with Gasteiger partial charge in [0.1, 0.15) is 12.0 Å². The standard InChI is InChI=1S/C16H19NO5/c1-2-16(14(19)20)11-17(9-8-13(16)18)15(21)22-10-12-6-4-3-5-7-12/h3-7H,2,8-11H2,1H3,(H,19,20)/t16-/m1/s1. The third-order valence-corrected chi connectivity index (χ3v) is 4.08. The van der Waals surface area contributed by atoms with Gasteiger partial charge in [-0.05, 0) is 12.0 Å². The largest absolute Gasteiger partial charge is 0.480 e. The van der Waals surface area contributed by atoms with Crippen LogP contribution in [-0.4, -0.2) is 40.9 Å². The van der Waals surface area contributed by atoms with E-state index in [1.54, 1.807) is 6.92 Å². The number of carbonyl (C=O) groups excluding carboxylic acids is 2. The number of hydrogen-bond acceptors (Lipinski definition) is 4. The van der Waals surface area contributed by atoms with E-state index in [1.165, 1.54) is 4.90 Å². The summed E-state index contributed by atoms with van der Waals surface area (Å²) in [5.41, 5.74) is -0.659. The number of carboxylic acid groups (broad SMARTS) is 1. The van der Waals surface area contributed by atoms with Gasteiger partial charge < -0.3 is 14.7 Å². The van der Waals surface area contributed by atoms with Crippen LogP contribution >= 0.6 is 0 Å². The zero-order chi connectivity index (χ0) is 16.2. The second-order valence-corrected chi connectivity index (χ2v) is 5.38. The van der Waals surface area contributed by atoms with Gasteiger partial charge in [-0.25, -0.2) is 4.79 Å². The van der Waals surface area contributed by atoms with Gasteiger partial charge in [-0.15, -0.1) is 0 Å².